The molecule has 6 nitrogen and oxygen atoms in total. The minimum absolute atomic E-state index is 0.208. The third kappa shape index (κ3) is 4.00. The van der Waals surface area contributed by atoms with Crippen molar-refractivity contribution < 1.29 is 19.5 Å². The van der Waals surface area contributed by atoms with Gasteiger partial charge in [0.2, 0.25) is 5.91 Å². The molecule has 2 aromatic carbocycles. The summed E-state index contributed by atoms with van der Waals surface area (Å²) in [6.07, 6.45) is 0.318. The standard InChI is InChI=1S/C21H22N2O4/c1-13-7-9-15(10-8-13)11-18(19(24)22-14(2)21(26)27)23-12-16-5-3-4-6-17(16)20(23)25/h3-10,14,18H,11-12H2,1-2H3,(H,22,24)(H,26,27)/t14-,18-/m0/s1. The fourth-order valence-electron chi connectivity index (χ4n) is 3.19. The summed E-state index contributed by atoms with van der Waals surface area (Å²) in [4.78, 5) is 38.3. The van der Waals surface area contributed by atoms with Crippen molar-refractivity contribution in [2.45, 2.75) is 38.9 Å². The zero-order chi connectivity index (χ0) is 19.6. The maximum Gasteiger partial charge on any atom is 0.325 e. The van der Waals surface area contributed by atoms with Crippen LogP contribution in [0.15, 0.2) is 48.5 Å². The van der Waals surface area contributed by atoms with Crippen LogP contribution in [0.5, 0.6) is 0 Å². The smallest absolute Gasteiger partial charge is 0.325 e. The van der Waals surface area contributed by atoms with Crippen LogP contribution in [-0.2, 0) is 22.6 Å². The third-order valence-corrected chi connectivity index (χ3v) is 4.81. The van der Waals surface area contributed by atoms with Crippen LogP contribution in [0.1, 0.15) is 34.0 Å². The molecule has 2 N–H and O–H groups in total. The predicted octanol–water partition coefficient (Wildman–Crippen LogP) is 2.15. The summed E-state index contributed by atoms with van der Waals surface area (Å²) < 4.78 is 0. The zero-order valence-electron chi connectivity index (χ0n) is 15.3. The van der Waals surface area contributed by atoms with E-state index >= 15 is 0 Å². The Morgan fingerprint density at radius 2 is 1.81 bits per heavy atom. The second kappa shape index (κ2) is 7.61. The average Bonchev–Trinajstić information content (AvgIpc) is 2.98. The minimum atomic E-state index is -1.12. The normalized spacial score (nSPS) is 15.2. The Morgan fingerprint density at radius 3 is 2.44 bits per heavy atom. The average molecular weight is 366 g/mol. The monoisotopic (exact) mass is 366 g/mol. The number of amides is 2. The molecule has 0 saturated heterocycles. The van der Waals surface area contributed by atoms with Gasteiger partial charge in [0, 0.05) is 18.5 Å². The molecule has 1 aliphatic rings. The van der Waals surface area contributed by atoms with Crippen molar-refractivity contribution in [1.29, 1.82) is 0 Å². The van der Waals surface area contributed by atoms with E-state index in [-0.39, 0.29) is 5.91 Å². The molecule has 0 bridgehead atoms. The number of benzene rings is 2. The van der Waals surface area contributed by atoms with Crippen LogP contribution in [0.3, 0.4) is 0 Å². The van der Waals surface area contributed by atoms with Gasteiger partial charge in [0.05, 0.1) is 0 Å². The van der Waals surface area contributed by atoms with Gasteiger partial charge in [-0.05, 0) is 31.0 Å². The highest BCUT2D eigenvalue weighted by molar-refractivity contribution is 6.01. The van der Waals surface area contributed by atoms with Crippen LogP contribution in [0, 0.1) is 6.92 Å². The molecule has 0 unspecified atom stereocenters. The number of hydrogen-bond donors (Lipinski definition) is 2. The molecule has 2 atom stereocenters. The Bertz CT molecular complexity index is 876. The van der Waals surface area contributed by atoms with Crippen molar-refractivity contribution >= 4 is 17.8 Å². The summed E-state index contributed by atoms with van der Waals surface area (Å²) in [6.45, 7) is 3.72. The van der Waals surface area contributed by atoms with E-state index in [1.807, 2.05) is 43.3 Å². The van der Waals surface area contributed by atoms with E-state index in [1.165, 1.54) is 11.8 Å². The van der Waals surface area contributed by atoms with Crippen molar-refractivity contribution in [3.63, 3.8) is 0 Å². The number of nitrogens with one attached hydrogen (secondary N) is 1. The van der Waals surface area contributed by atoms with Gasteiger partial charge < -0.3 is 15.3 Å². The zero-order valence-corrected chi connectivity index (χ0v) is 15.3. The van der Waals surface area contributed by atoms with E-state index in [0.29, 0.717) is 18.5 Å². The van der Waals surface area contributed by atoms with Crippen molar-refractivity contribution in [2.24, 2.45) is 0 Å². The molecule has 6 heteroatoms. The fraction of sp³-hybridized carbons (Fsp3) is 0.286. The molecule has 27 heavy (non-hydrogen) atoms. The number of nitrogens with zero attached hydrogens (tertiary/aromatic N) is 1. The van der Waals surface area contributed by atoms with E-state index in [2.05, 4.69) is 5.32 Å². The first kappa shape index (κ1) is 18.6. The molecular formula is C21H22N2O4. The van der Waals surface area contributed by atoms with Gasteiger partial charge in [-0.25, -0.2) is 0 Å². The second-order valence-electron chi connectivity index (χ2n) is 6.86. The van der Waals surface area contributed by atoms with Gasteiger partial charge in [-0.3, -0.25) is 14.4 Å². The molecule has 0 radical (unpaired) electrons. The summed E-state index contributed by atoms with van der Waals surface area (Å²) >= 11 is 0. The summed E-state index contributed by atoms with van der Waals surface area (Å²) in [5.74, 6) is -1.79. The van der Waals surface area contributed by atoms with Gasteiger partial charge in [-0.2, -0.15) is 0 Å². The van der Waals surface area contributed by atoms with E-state index in [4.69, 9.17) is 5.11 Å². The number of aliphatic carboxylic acids is 1. The third-order valence-electron chi connectivity index (χ3n) is 4.81. The quantitative estimate of drug-likeness (QED) is 0.820. The van der Waals surface area contributed by atoms with Crippen molar-refractivity contribution in [3.05, 3.63) is 70.8 Å². The lowest BCUT2D eigenvalue weighted by molar-refractivity contribution is -0.142. The van der Waals surface area contributed by atoms with E-state index in [1.54, 1.807) is 12.1 Å². The molecule has 1 aliphatic heterocycles. The van der Waals surface area contributed by atoms with Crippen LogP contribution in [0.25, 0.3) is 0 Å². The molecule has 0 saturated carbocycles. The Kier molecular flexibility index (Phi) is 5.26. The van der Waals surface area contributed by atoms with Crippen LogP contribution in [0.2, 0.25) is 0 Å². The Labute approximate surface area is 157 Å². The molecule has 0 spiro atoms. The lowest BCUT2D eigenvalue weighted by atomic mass is 10.0. The predicted molar refractivity (Wildman–Crippen MR) is 100 cm³/mol. The van der Waals surface area contributed by atoms with E-state index < -0.39 is 24.0 Å². The summed E-state index contributed by atoms with van der Waals surface area (Å²) in [6, 6.07) is 13.2. The lowest BCUT2D eigenvalue weighted by Gasteiger charge is -2.28. The summed E-state index contributed by atoms with van der Waals surface area (Å²) in [5, 5.41) is 11.6. The maximum absolute atomic E-state index is 12.8. The largest absolute Gasteiger partial charge is 0.480 e. The number of aryl methyl sites for hydroxylation is 1. The summed E-state index contributed by atoms with van der Waals surface area (Å²) in [7, 11) is 0. The maximum atomic E-state index is 12.8. The van der Waals surface area contributed by atoms with Gasteiger partial charge >= 0.3 is 5.97 Å². The molecule has 1 heterocycles. The number of rotatable bonds is 6. The number of carboxylic acids is 1. The molecule has 0 fully saturated rings. The van der Waals surface area contributed by atoms with Gasteiger partial charge in [0.15, 0.2) is 0 Å². The summed E-state index contributed by atoms with van der Waals surface area (Å²) in [5.41, 5.74) is 3.47. The molecule has 140 valence electrons. The number of carboxylic acid groups (broad SMARTS) is 1. The van der Waals surface area contributed by atoms with Crippen molar-refractivity contribution in [1.82, 2.24) is 10.2 Å². The second-order valence-corrected chi connectivity index (χ2v) is 6.86. The van der Waals surface area contributed by atoms with Crippen LogP contribution in [0.4, 0.5) is 0 Å². The Balaban J connectivity index is 1.88. The van der Waals surface area contributed by atoms with Crippen molar-refractivity contribution in [3.8, 4) is 0 Å². The van der Waals surface area contributed by atoms with Crippen LogP contribution >= 0.6 is 0 Å². The van der Waals surface area contributed by atoms with E-state index in [9.17, 15) is 14.4 Å². The Morgan fingerprint density at radius 1 is 1.15 bits per heavy atom. The van der Waals surface area contributed by atoms with Gasteiger partial charge in [-0.1, -0.05) is 48.0 Å². The number of carbonyl (C=O) groups is 3. The molecule has 0 aromatic heterocycles. The highest BCUT2D eigenvalue weighted by atomic mass is 16.4. The first-order chi connectivity index (χ1) is 12.9. The molecular weight excluding hydrogens is 344 g/mol. The first-order valence-corrected chi connectivity index (χ1v) is 8.84. The molecule has 3 rings (SSSR count). The first-order valence-electron chi connectivity index (χ1n) is 8.84. The van der Waals surface area contributed by atoms with Crippen LogP contribution < -0.4 is 5.32 Å². The topological polar surface area (TPSA) is 86.7 Å². The lowest BCUT2D eigenvalue weighted by Crippen LogP contribution is -2.51. The Hall–Kier alpha value is -3.15. The number of carbonyl (C=O) groups excluding carboxylic acids is 2. The number of hydrogen-bond acceptors (Lipinski definition) is 3. The van der Waals surface area contributed by atoms with Crippen molar-refractivity contribution in [2.75, 3.05) is 0 Å². The highest BCUT2D eigenvalue weighted by Gasteiger charge is 2.37. The van der Waals surface area contributed by atoms with Gasteiger partial charge in [-0.15, -0.1) is 0 Å². The highest BCUT2D eigenvalue weighted by Crippen LogP contribution is 2.26. The molecule has 2 amide bonds. The SMILES string of the molecule is Cc1ccc(C[C@@H](C(=O)N[C@@H](C)C(=O)O)N2Cc3ccccc3C2=O)cc1. The number of fused-ring (bicyclic) bond motifs is 1. The molecule has 0 aliphatic carbocycles. The molecule has 2 aromatic rings. The van der Waals surface area contributed by atoms with Gasteiger partial charge in [0.25, 0.3) is 5.91 Å². The minimum Gasteiger partial charge on any atom is -0.480 e. The van der Waals surface area contributed by atoms with E-state index in [0.717, 1.165) is 16.7 Å². The fourth-order valence-corrected chi connectivity index (χ4v) is 3.19. The van der Waals surface area contributed by atoms with Gasteiger partial charge in [0.1, 0.15) is 12.1 Å². The van der Waals surface area contributed by atoms with Crippen LogP contribution in [-0.4, -0.2) is 39.9 Å².